The van der Waals surface area contributed by atoms with Crippen LogP contribution < -0.4 is 14.8 Å². The zero-order valence-corrected chi connectivity index (χ0v) is 15.9. The van der Waals surface area contributed by atoms with E-state index in [0.717, 1.165) is 6.26 Å². The lowest BCUT2D eigenvalue weighted by molar-refractivity contribution is 0.102. The van der Waals surface area contributed by atoms with Gasteiger partial charge in [0.25, 0.3) is 5.91 Å². The van der Waals surface area contributed by atoms with Gasteiger partial charge in [0.1, 0.15) is 11.5 Å². The Morgan fingerprint density at radius 3 is 2.20 bits per heavy atom. The average Bonchev–Trinajstić information content (AvgIpc) is 2.55. The van der Waals surface area contributed by atoms with E-state index in [1.807, 2.05) is 0 Å². The molecule has 2 aromatic carbocycles. The summed E-state index contributed by atoms with van der Waals surface area (Å²) < 4.78 is 33.8. The number of rotatable bonds is 5. The second-order valence-corrected chi connectivity index (χ2v) is 7.86. The number of carbonyl (C=O) groups excluding carboxylic acids is 1. The number of hydrogen-bond acceptors (Lipinski definition) is 5. The fraction of sp³-hybridized carbons (Fsp3) is 0.188. The molecule has 2 aromatic rings. The first kappa shape index (κ1) is 19.4. The fourth-order valence-electron chi connectivity index (χ4n) is 2.08. The van der Waals surface area contributed by atoms with Gasteiger partial charge in [0.2, 0.25) is 0 Å². The van der Waals surface area contributed by atoms with Crippen molar-refractivity contribution in [2.24, 2.45) is 0 Å². The van der Waals surface area contributed by atoms with Crippen molar-refractivity contribution in [2.75, 3.05) is 25.8 Å². The molecule has 2 rings (SSSR count). The highest BCUT2D eigenvalue weighted by atomic mass is 35.5. The number of ether oxygens (including phenoxy) is 2. The normalized spacial score (nSPS) is 11.1. The van der Waals surface area contributed by atoms with Crippen molar-refractivity contribution < 1.29 is 22.7 Å². The Hall–Kier alpha value is -1.96. The lowest BCUT2D eigenvalue weighted by atomic mass is 10.2. The number of sulfone groups is 1. The molecule has 0 saturated carbocycles. The zero-order valence-electron chi connectivity index (χ0n) is 13.6. The van der Waals surface area contributed by atoms with Crippen molar-refractivity contribution in [3.05, 3.63) is 45.9 Å². The van der Waals surface area contributed by atoms with Crippen molar-refractivity contribution in [3.8, 4) is 11.5 Å². The number of amides is 1. The number of anilines is 1. The summed E-state index contributed by atoms with van der Waals surface area (Å²) >= 11 is 11.9. The van der Waals surface area contributed by atoms with Crippen LogP contribution in [0.3, 0.4) is 0 Å². The predicted octanol–water partition coefficient (Wildman–Crippen LogP) is 3.67. The predicted molar refractivity (Wildman–Crippen MR) is 97.1 cm³/mol. The van der Waals surface area contributed by atoms with Crippen LogP contribution in [0.5, 0.6) is 11.5 Å². The first-order valence-electron chi connectivity index (χ1n) is 6.90. The molecule has 25 heavy (non-hydrogen) atoms. The molecule has 0 atom stereocenters. The second kappa shape index (κ2) is 7.51. The van der Waals surface area contributed by atoms with E-state index in [4.69, 9.17) is 32.7 Å². The maximum absolute atomic E-state index is 12.5. The molecule has 1 amide bonds. The first-order valence-corrected chi connectivity index (χ1v) is 9.54. The molecular weight excluding hydrogens is 389 g/mol. The van der Waals surface area contributed by atoms with Gasteiger partial charge >= 0.3 is 0 Å². The van der Waals surface area contributed by atoms with Crippen LogP contribution >= 0.6 is 23.2 Å². The first-order chi connectivity index (χ1) is 11.7. The lowest BCUT2D eigenvalue weighted by Crippen LogP contribution is -2.14. The Morgan fingerprint density at radius 2 is 1.64 bits per heavy atom. The molecule has 0 heterocycles. The van der Waals surface area contributed by atoms with Gasteiger partial charge in [-0.2, -0.15) is 0 Å². The number of methoxy groups -OCH3 is 2. The summed E-state index contributed by atoms with van der Waals surface area (Å²) in [5.41, 5.74) is 0.449. The minimum Gasteiger partial charge on any atom is -0.495 e. The van der Waals surface area contributed by atoms with Crippen LogP contribution in [-0.4, -0.2) is 34.8 Å². The zero-order chi connectivity index (χ0) is 18.8. The molecule has 1 N–H and O–H groups in total. The van der Waals surface area contributed by atoms with E-state index in [1.165, 1.54) is 44.6 Å². The van der Waals surface area contributed by atoms with Crippen LogP contribution in [0.15, 0.2) is 35.2 Å². The highest BCUT2D eigenvalue weighted by Crippen LogP contribution is 2.36. The number of carbonyl (C=O) groups is 1. The molecule has 0 radical (unpaired) electrons. The lowest BCUT2D eigenvalue weighted by Gasteiger charge is -2.13. The monoisotopic (exact) mass is 403 g/mol. The van der Waals surface area contributed by atoms with Crippen molar-refractivity contribution in [3.63, 3.8) is 0 Å². The van der Waals surface area contributed by atoms with Crippen molar-refractivity contribution in [1.29, 1.82) is 0 Å². The number of benzene rings is 2. The largest absolute Gasteiger partial charge is 0.495 e. The fourth-order valence-corrected chi connectivity index (χ4v) is 3.61. The van der Waals surface area contributed by atoms with Crippen LogP contribution in [0.1, 0.15) is 10.4 Å². The molecule has 9 heteroatoms. The summed E-state index contributed by atoms with van der Waals surface area (Å²) in [6, 6.07) is 7.00. The Bertz CT molecular complexity index is 928. The molecule has 134 valence electrons. The topological polar surface area (TPSA) is 81.7 Å². The molecule has 0 unspecified atom stereocenters. The number of halogens is 2. The molecule has 0 aromatic heterocycles. The third-order valence-electron chi connectivity index (χ3n) is 3.31. The molecule has 0 aliphatic heterocycles. The van der Waals surface area contributed by atoms with Gasteiger partial charge in [-0.15, -0.1) is 0 Å². The third-order valence-corrected chi connectivity index (χ3v) is 5.19. The van der Waals surface area contributed by atoms with Gasteiger partial charge in [-0.1, -0.05) is 23.2 Å². The van der Waals surface area contributed by atoms with Crippen LogP contribution in [0.25, 0.3) is 0 Å². The van der Waals surface area contributed by atoms with Crippen LogP contribution in [0.4, 0.5) is 5.69 Å². The summed E-state index contributed by atoms with van der Waals surface area (Å²) in [4.78, 5) is 12.4. The van der Waals surface area contributed by atoms with E-state index in [0.29, 0.717) is 22.2 Å². The molecule has 6 nitrogen and oxygen atoms in total. The van der Waals surface area contributed by atoms with E-state index < -0.39 is 15.7 Å². The summed E-state index contributed by atoms with van der Waals surface area (Å²) in [6.45, 7) is 0. The molecule has 0 bridgehead atoms. The summed E-state index contributed by atoms with van der Waals surface area (Å²) in [6.07, 6.45) is 1.02. The Labute approximate surface area is 155 Å². The molecular formula is C16H15Cl2NO5S. The minimum absolute atomic E-state index is 0.0461. The molecule has 0 saturated heterocycles. The van der Waals surface area contributed by atoms with Crippen LogP contribution in [-0.2, 0) is 9.84 Å². The molecule has 0 aliphatic rings. The van der Waals surface area contributed by atoms with E-state index in [-0.39, 0.29) is 15.5 Å². The van der Waals surface area contributed by atoms with Crippen molar-refractivity contribution in [2.45, 2.75) is 4.90 Å². The van der Waals surface area contributed by atoms with Crippen LogP contribution in [0, 0.1) is 0 Å². The third kappa shape index (κ3) is 4.36. The molecule has 0 spiro atoms. The number of hydrogen-bond donors (Lipinski definition) is 1. The van der Waals surface area contributed by atoms with Gasteiger partial charge in [-0.25, -0.2) is 8.42 Å². The van der Waals surface area contributed by atoms with Gasteiger partial charge < -0.3 is 14.8 Å². The van der Waals surface area contributed by atoms with E-state index in [9.17, 15) is 13.2 Å². The summed E-state index contributed by atoms with van der Waals surface area (Å²) in [7, 11) is -0.696. The SMILES string of the molecule is COc1cc(NC(=O)c2ccc(Cl)c(S(C)(=O)=O)c2)c(OC)cc1Cl. The van der Waals surface area contributed by atoms with Gasteiger partial charge in [0.05, 0.1) is 34.8 Å². The minimum atomic E-state index is -3.57. The quantitative estimate of drug-likeness (QED) is 0.823. The van der Waals surface area contributed by atoms with E-state index >= 15 is 0 Å². The summed E-state index contributed by atoms with van der Waals surface area (Å²) in [5, 5.41) is 3.01. The van der Waals surface area contributed by atoms with E-state index in [1.54, 1.807) is 0 Å². The Balaban J connectivity index is 2.41. The maximum Gasteiger partial charge on any atom is 0.255 e. The van der Waals surface area contributed by atoms with E-state index in [2.05, 4.69) is 5.32 Å². The highest BCUT2D eigenvalue weighted by molar-refractivity contribution is 7.90. The Kier molecular flexibility index (Phi) is 5.82. The van der Waals surface area contributed by atoms with Crippen molar-refractivity contribution in [1.82, 2.24) is 0 Å². The highest BCUT2D eigenvalue weighted by Gasteiger charge is 2.18. The molecule has 0 aliphatic carbocycles. The van der Waals surface area contributed by atoms with Gasteiger partial charge in [0, 0.05) is 24.0 Å². The second-order valence-electron chi connectivity index (χ2n) is 5.06. The average molecular weight is 404 g/mol. The maximum atomic E-state index is 12.5. The standard InChI is InChI=1S/C16H15Cl2NO5S/c1-23-13-8-12(14(24-2)7-11(13)18)19-16(20)9-4-5-10(17)15(6-9)25(3,21)22/h4-8H,1-3H3,(H,19,20). The molecule has 0 fully saturated rings. The number of nitrogens with one attached hydrogen (secondary N) is 1. The smallest absolute Gasteiger partial charge is 0.255 e. The summed E-state index contributed by atoms with van der Waals surface area (Å²) in [5.74, 6) is 0.145. The van der Waals surface area contributed by atoms with Gasteiger partial charge in [0.15, 0.2) is 9.84 Å². The van der Waals surface area contributed by atoms with Gasteiger partial charge in [-0.3, -0.25) is 4.79 Å². The van der Waals surface area contributed by atoms with Crippen molar-refractivity contribution >= 4 is 44.6 Å². The van der Waals surface area contributed by atoms with Crippen LogP contribution in [0.2, 0.25) is 10.0 Å². The van der Waals surface area contributed by atoms with Gasteiger partial charge in [-0.05, 0) is 18.2 Å². The Morgan fingerprint density at radius 1 is 1.00 bits per heavy atom.